The minimum absolute atomic E-state index is 0.291. The van der Waals surface area contributed by atoms with Crippen LogP contribution in [0.4, 0.5) is 0 Å². The molecule has 0 aliphatic carbocycles. The van der Waals surface area contributed by atoms with Crippen LogP contribution < -0.4 is 5.43 Å². The van der Waals surface area contributed by atoms with Crippen LogP contribution in [0.15, 0.2) is 90.0 Å². The predicted molar refractivity (Wildman–Crippen MR) is 114 cm³/mol. The first-order valence-corrected chi connectivity index (χ1v) is 9.13. The summed E-state index contributed by atoms with van der Waals surface area (Å²) in [6, 6.07) is 26.3. The number of hydrogen-bond donors (Lipinski definition) is 1. The fraction of sp³-hybridized carbons (Fsp3) is 0. The van der Waals surface area contributed by atoms with Crippen LogP contribution >= 0.6 is 11.6 Å². The van der Waals surface area contributed by atoms with Crippen molar-refractivity contribution in [3.8, 4) is 11.3 Å². The Kier molecular flexibility index (Phi) is 5.13. The molecule has 4 rings (SSSR count). The third kappa shape index (κ3) is 3.92. The number of nitrogens with zero attached hydrogens (tertiary/aromatic N) is 2. The Morgan fingerprint density at radius 3 is 2.43 bits per heavy atom. The van der Waals surface area contributed by atoms with Crippen LogP contribution in [0.5, 0.6) is 0 Å². The van der Waals surface area contributed by atoms with Crippen molar-refractivity contribution < 1.29 is 4.79 Å². The summed E-state index contributed by atoms with van der Waals surface area (Å²) in [4.78, 5) is 17.5. The van der Waals surface area contributed by atoms with Gasteiger partial charge in [0, 0.05) is 16.0 Å². The number of pyridine rings is 1. The molecular formula is C23H16ClN3O. The lowest BCUT2D eigenvalue weighted by Gasteiger charge is -2.09. The molecule has 0 saturated carbocycles. The highest BCUT2D eigenvalue weighted by Crippen LogP contribution is 2.26. The second-order valence-corrected chi connectivity index (χ2v) is 6.63. The molecule has 28 heavy (non-hydrogen) atoms. The lowest BCUT2D eigenvalue weighted by Crippen LogP contribution is -2.18. The molecular weight excluding hydrogens is 370 g/mol. The molecule has 0 fully saturated rings. The van der Waals surface area contributed by atoms with Gasteiger partial charge in [0.1, 0.15) is 0 Å². The molecule has 5 heteroatoms. The van der Waals surface area contributed by atoms with Gasteiger partial charge in [-0.15, -0.1) is 0 Å². The first-order chi connectivity index (χ1) is 13.7. The highest BCUT2D eigenvalue weighted by atomic mass is 35.5. The SMILES string of the molecule is O=C(NN=Cc1ccccc1)c1cc(-c2ccc(Cl)cc2)nc2ccccc12. The van der Waals surface area contributed by atoms with Crippen LogP contribution in [0.25, 0.3) is 22.2 Å². The number of halogens is 1. The van der Waals surface area contributed by atoms with Crippen molar-refractivity contribution in [2.75, 3.05) is 0 Å². The predicted octanol–water partition coefficient (Wildman–Crippen LogP) is 5.32. The first-order valence-electron chi connectivity index (χ1n) is 8.75. The van der Waals surface area contributed by atoms with Crippen LogP contribution in [0.2, 0.25) is 5.02 Å². The van der Waals surface area contributed by atoms with Crippen molar-refractivity contribution in [3.05, 3.63) is 101 Å². The quantitative estimate of drug-likeness (QED) is 0.382. The molecule has 4 aromatic rings. The Hall–Kier alpha value is -3.50. The molecule has 0 atom stereocenters. The maximum atomic E-state index is 12.8. The number of aromatic nitrogens is 1. The average Bonchev–Trinajstić information content (AvgIpc) is 2.74. The summed E-state index contributed by atoms with van der Waals surface area (Å²) in [6.45, 7) is 0. The Labute approximate surface area is 167 Å². The van der Waals surface area contributed by atoms with E-state index in [9.17, 15) is 4.79 Å². The number of carbonyl (C=O) groups excluding carboxylic acids is 1. The van der Waals surface area contributed by atoms with Gasteiger partial charge in [-0.1, -0.05) is 72.3 Å². The molecule has 0 unspecified atom stereocenters. The van der Waals surface area contributed by atoms with Gasteiger partial charge >= 0.3 is 0 Å². The highest BCUT2D eigenvalue weighted by molar-refractivity contribution is 6.30. The van der Waals surface area contributed by atoms with E-state index in [1.165, 1.54) is 0 Å². The molecule has 0 spiro atoms. The molecule has 0 aliphatic rings. The van der Waals surface area contributed by atoms with Gasteiger partial charge in [0.2, 0.25) is 0 Å². The fourth-order valence-electron chi connectivity index (χ4n) is 2.90. The summed E-state index contributed by atoms with van der Waals surface area (Å²) >= 11 is 5.98. The van der Waals surface area contributed by atoms with Crippen LogP contribution in [-0.2, 0) is 0 Å². The van der Waals surface area contributed by atoms with Crippen molar-refractivity contribution in [1.29, 1.82) is 0 Å². The summed E-state index contributed by atoms with van der Waals surface area (Å²) in [5.41, 5.74) is 6.36. The van der Waals surface area contributed by atoms with E-state index in [1.54, 1.807) is 24.4 Å². The monoisotopic (exact) mass is 385 g/mol. The molecule has 136 valence electrons. The van der Waals surface area contributed by atoms with Gasteiger partial charge in [0.15, 0.2) is 0 Å². The number of hydrazone groups is 1. The zero-order chi connectivity index (χ0) is 19.3. The maximum Gasteiger partial charge on any atom is 0.272 e. The fourth-order valence-corrected chi connectivity index (χ4v) is 3.02. The highest BCUT2D eigenvalue weighted by Gasteiger charge is 2.13. The van der Waals surface area contributed by atoms with Crippen molar-refractivity contribution in [2.24, 2.45) is 5.10 Å². The molecule has 1 amide bonds. The summed E-state index contributed by atoms with van der Waals surface area (Å²) in [6.07, 6.45) is 1.61. The summed E-state index contributed by atoms with van der Waals surface area (Å²) in [5, 5.41) is 5.50. The normalized spacial score (nSPS) is 11.0. The molecule has 0 radical (unpaired) electrons. The minimum atomic E-state index is -0.291. The third-order valence-electron chi connectivity index (χ3n) is 4.28. The molecule has 3 aromatic carbocycles. The second-order valence-electron chi connectivity index (χ2n) is 6.19. The van der Waals surface area contributed by atoms with Gasteiger partial charge in [0.05, 0.1) is 23.0 Å². The standard InChI is InChI=1S/C23H16ClN3O/c24-18-12-10-17(11-13-18)22-14-20(19-8-4-5-9-21(19)26-22)23(28)27-25-15-16-6-2-1-3-7-16/h1-15H,(H,27,28). The molecule has 1 N–H and O–H groups in total. The number of para-hydroxylation sites is 1. The number of rotatable bonds is 4. The van der Waals surface area contributed by atoms with Crippen LogP contribution in [0.3, 0.4) is 0 Å². The maximum absolute atomic E-state index is 12.8. The van der Waals surface area contributed by atoms with E-state index in [4.69, 9.17) is 11.6 Å². The van der Waals surface area contributed by atoms with Gasteiger partial charge in [-0.25, -0.2) is 10.4 Å². The summed E-state index contributed by atoms with van der Waals surface area (Å²) < 4.78 is 0. The second kappa shape index (κ2) is 8.03. The van der Waals surface area contributed by atoms with E-state index < -0.39 is 0 Å². The molecule has 0 aliphatic heterocycles. The average molecular weight is 386 g/mol. The Bertz CT molecular complexity index is 1160. The summed E-state index contributed by atoms with van der Waals surface area (Å²) in [5.74, 6) is -0.291. The first kappa shape index (κ1) is 17.9. The van der Waals surface area contributed by atoms with E-state index in [2.05, 4.69) is 15.5 Å². The van der Waals surface area contributed by atoms with E-state index >= 15 is 0 Å². The van der Waals surface area contributed by atoms with Gasteiger partial charge in [0.25, 0.3) is 5.91 Å². The number of amides is 1. The molecule has 0 bridgehead atoms. The number of benzene rings is 3. The van der Waals surface area contributed by atoms with Gasteiger partial charge in [-0.05, 0) is 29.8 Å². The largest absolute Gasteiger partial charge is 0.272 e. The lowest BCUT2D eigenvalue weighted by atomic mass is 10.0. The minimum Gasteiger partial charge on any atom is -0.267 e. The molecule has 4 nitrogen and oxygen atoms in total. The van der Waals surface area contributed by atoms with Gasteiger partial charge in [-0.2, -0.15) is 5.10 Å². The molecule has 1 aromatic heterocycles. The molecule has 0 saturated heterocycles. The van der Waals surface area contributed by atoms with Crippen LogP contribution in [0, 0.1) is 0 Å². The third-order valence-corrected chi connectivity index (χ3v) is 4.53. The number of nitrogens with one attached hydrogen (secondary N) is 1. The Balaban J connectivity index is 1.69. The van der Waals surface area contributed by atoms with Crippen LogP contribution in [-0.4, -0.2) is 17.1 Å². The zero-order valence-electron chi connectivity index (χ0n) is 14.8. The van der Waals surface area contributed by atoms with Crippen molar-refractivity contribution in [3.63, 3.8) is 0 Å². The Morgan fingerprint density at radius 1 is 0.929 bits per heavy atom. The summed E-state index contributed by atoms with van der Waals surface area (Å²) in [7, 11) is 0. The van der Waals surface area contributed by atoms with E-state index in [0.29, 0.717) is 16.3 Å². The number of hydrogen-bond acceptors (Lipinski definition) is 3. The van der Waals surface area contributed by atoms with Crippen molar-refractivity contribution in [1.82, 2.24) is 10.4 Å². The van der Waals surface area contributed by atoms with Crippen LogP contribution in [0.1, 0.15) is 15.9 Å². The number of carbonyl (C=O) groups is 1. The number of fused-ring (bicyclic) bond motifs is 1. The van der Waals surface area contributed by atoms with Gasteiger partial charge < -0.3 is 0 Å². The lowest BCUT2D eigenvalue weighted by molar-refractivity contribution is 0.0957. The van der Waals surface area contributed by atoms with Crippen molar-refractivity contribution in [2.45, 2.75) is 0 Å². The smallest absolute Gasteiger partial charge is 0.267 e. The van der Waals surface area contributed by atoms with E-state index in [0.717, 1.165) is 22.0 Å². The van der Waals surface area contributed by atoms with Crippen molar-refractivity contribution >= 4 is 34.6 Å². The molecule has 1 heterocycles. The zero-order valence-corrected chi connectivity index (χ0v) is 15.6. The van der Waals surface area contributed by atoms with E-state index in [1.807, 2.05) is 66.7 Å². The Morgan fingerprint density at radius 2 is 1.64 bits per heavy atom. The van der Waals surface area contributed by atoms with E-state index in [-0.39, 0.29) is 5.91 Å². The van der Waals surface area contributed by atoms with Gasteiger partial charge in [-0.3, -0.25) is 4.79 Å². The topological polar surface area (TPSA) is 54.4 Å².